The average Bonchev–Trinajstić information content (AvgIpc) is 2.62. The van der Waals surface area contributed by atoms with Crippen molar-refractivity contribution in [3.05, 3.63) is 35.9 Å². The molecule has 0 aromatic heterocycles. The van der Waals surface area contributed by atoms with Gasteiger partial charge in [0.15, 0.2) is 0 Å². The van der Waals surface area contributed by atoms with Crippen LogP contribution >= 0.6 is 0 Å². The highest BCUT2D eigenvalue weighted by Gasteiger charge is 2.31. The van der Waals surface area contributed by atoms with Crippen molar-refractivity contribution in [2.24, 2.45) is 11.8 Å². The third kappa shape index (κ3) is 5.05. The topological polar surface area (TPSA) is 64.1 Å². The van der Waals surface area contributed by atoms with E-state index in [2.05, 4.69) is 36.1 Å². The molecule has 26 heavy (non-hydrogen) atoms. The summed E-state index contributed by atoms with van der Waals surface area (Å²) in [5.41, 5.74) is 1.30. The Bertz CT molecular complexity index is 614. The number of nitrogens with zero attached hydrogens (tertiary/aromatic N) is 3. The van der Waals surface area contributed by atoms with Gasteiger partial charge >= 0.3 is 5.97 Å². The fraction of sp³-hybridized carbons (Fsp3) is 0.600. The first-order chi connectivity index (χ1) is 12.5. The van der Waals surface area contributed by atoms with Crippen LogP contribution in [-0.4, -0.2) is 77.5 Å². The van der Waals surface area contributed by atoms with Crippen molar-refractivity contribution in [2.75, 3.05) is 45.8 Å². The Kier molecular flexibility index (Phi) is 6.27. The summed E-state index contributed by atoms with van der Waals surface area (Å²) in [5, 5.41) is 9.28. The van der Waals surface area contributed by atoms with Gasteiger partial charge < -0.3 is 10.0 Å². The molecule has 1 aromatic rings. The predicted molar refractivity (Wildman–Crippen MR) is 99.6 cm³/mol. The molecule has 3 rings (SSSR count). The number of hydrogen-bond donors (Lipinski definition) is 1. The van der Waals surface area contributed by atoms with Crippen LogP contribution in [0.15, 0.2) is 30.3 Å². The van der Waals surface area contributed by atoms with E-state index in [-0.39, 0.29) is 11.8 Å². The largest absolute Gasteiger partial charge is 0.481 e. The van der Waals surface area contributed by atoms with Crippen LogP contribution in [0.5, 0.6) is 0 Å². The van der Waals surface area contributed by atoms with E-state index in [0.717, 1.165) is 39.3 Å². The zero-order valence-corrected chi connectivity index (χ0v) is 15.5. The number of carbonyl (C=O) groups is 2. The Morgan fingerprint density at radius 1 is 1.04 bits per heavy atom. The molecule has 2 saturated heterocycles. The fourth-order valence-electron chi connectivity index (χ4n) is 4.06. The van der Waals surface area contributed by atoms with Crippen LogP contribution in [0.4, 0.5) is 0 Å². The van der Waals surface area contributed by atoms with Crippen LogP contribution in [0, 0.1) is 11.8 Å². The zero-order valence-electron chi connectivity index (χ0n) is 15.5. The Balaban J connectivity index is 1.45. The molecule has 2 fully saturated rings. The van der Waals surface area contributed by atoms with E-state index in [1.54, 1.807) is 0 Å². The average molecular weight is 359 g/mol. The van der Waals surface area contributed by atoms with Crippen LogP contribution in [-0.2, 0) is 16.1 Å². The van der Waals surface area contributed by atoms with Gasteiger partial charge in [0.2, 0.25) is 5.91 Å². The summed E-state index contributed by atoms with van der Waals surface area (Å²) in [5.74, 6) is -0.652. The second-order valence-corrected chi connectivity index (χ2v) is 7.71. The molecule has 142 valence electrons. The van der Waals surface area contributed by atoms with Crippen molar-refractivity contribution in [2.45, 2.75) is 19.9 Å². The highest BCUT2D eigenvalue weighted by molar-refractivity contribution is 5.78. The van der Waals surface area contributed by atoms with Crippen LogP contribution < -0.4 is 0 Å². The molecule has 1 amide bonds. The van der Waals surface area contributed by atoms with Crippen LogP contribution in [0.3, 0.4) is 0 Å². The normalized spacial score (nSPS) is 25.2. The third-order valence-corrected chi connectivity index (χ3v) is 5.42. The van der Waals surface area contributed by atoms with Gasteiger partial charge in [0.05, 0.1) is 12.5 Å². The first-order valence-electron chi connectivity index (χ1n) is 9.50. The van der Waals surface area contributed by atoms with Crippen molar-refractivity contribution >= 4 is 11.9 Å². The molecule has 6 nitrogen and oxygen atoms in total. The first-order valence-corrected chi connectivity index (χ1v) is 9.50. The molecule has 2 atom stereocenters. The molecule has 0 radical (unpaired) electrons. The molecule has 0 bridgehead atoms. The van der Waals surface area contributed by atoms with Crippen molar-refractivity contribution in [1.29, 1.82) is 0 Å². The van der Waals surface area contributed by atoms with Gasteiger partial charge in [0.1, 0.15) is 0 Å². The third-order valence-electron chi connectivity index (χ3n) is 5.42. The Morgan fingerprint density at radius 3 is 2.38 bits per heavy atom. The Hall–Kier alpha value is -1.92. The number of hydrogen-bond acceptors (Lipinski definition) is 4. The zero-order chi connectivity index (χ0) is 18.5. The van der Waals surface area contributed by atoms with E-state index in [9.17, 15) is 14.7 Å². The number of rotatable bonds is 5. The summed E-state index contributed by atoms with van der Waals surface area (Å²) >= 11 is 0. The lowest BCUT2D eigenvalue weighted by Crippen LogP contribution is -2.52. The van der Waals surface area contributed by atoms with Gasteiger partial charge in [-0.3, -0.25) is 19.4 Å². The summed E-state index contributed by atoms with van der Waals surface area (Å²) in [7, 11) is 0. The molecule has 2 aliphatic rings. The minimum Gasteiger partial charge on any atom is -0.481 e. The van der Waals surface area contributed by atoms with E-state index in [1.807, 2.05) is 15.9 Å². The number of aliphatic carboxylic acids is 1. The number of likely N-dealkylation sites (tertiary alicyclic amines) is 1. The predicted octanol–water partition coefficient (Wildman–Crippen LogP) is 1.37. The van der Waals surface area contributed by atoms with Crippen molar-refractivity contribution in [3.8, 4) is 0 Å². The van der Waals surface area contributed by atoms with Gasteiger partial charge in [-0.15, -0.1) is 0 Å². The molecule has 0 spiro atoms. The quantitative estimate of drug-likeness (QED) is 0.860. The fourth-order valence-corrected chi connectivity index (χ4v) is 4.06. The lowest BCUT2D eigenvalue weighted by Gasteiger charge is -2.38. The van der Waals surface area contributed by atoms with Crippen molar-refractivity contribution < 1.29 is 14.7 Å². The summed E-state index contributed by atoms with van der Waals surface area (Å²) in [4.78, 5) is 30.2. The maximum Gasteiger partial charge on any atom is 0.307 e. The van der Waals surface area contributed by atoms with E-state index < -0.39 is 5.97 Å². The summed E-state index contributed by atoms with van der Waals surface area (Å²) < 4.78 is 0. The number of piperazine rings is 1. The molecule has 0 aliphatic carbocycles. The molecular weight excluding hydrogens is 330 g/mol. The van der Waals surface area contributed by atoms with Gasteiger partial charge in [-0.05, 0) is 17.9 Å². The molecule has 2 unspecified atom stereocenters. The molecule has 1 N–H and O–H groups in total. The van der Waals surface area contributed by atoms with Crippen molar-refractivity contribution in [1.82, 2.24) is 14.7 Å². The standard InChI is InChI=1S/C20H29N3O3/c1-16-11-18(20(25)26)14-22(12-16)15-19(24)23-9-7-21(8-10-23)13-17-5-3-2-4-6-17/h2-6,16,18H,7-15H2,1H3,(H,25,26). The van der Waals surface area contributed by atoms with Gasteiger partial charge in [0.25, 0.3) is 0 Å². The number of carbonyl (C=O) groups excluding carboxylic acids is 1. The molecule has 1 aromatic carbocycles. The lowest BCUT2D eigenvalue weighted by molar-refractivity contribution is -0.146. The molecular formula is C20H29N3O3. The van der Waals surface area contributed by atoms with E-state index in [0.29, 0.717) is 25.4 Å². The summed E-state index contributed by atoms with van der Waals surface area (Å²) in [6.45, 7) is 7.88. The van der Waals surface area contributed by atoms with E-state index in [4.69, 9.17) is 0 Å². The first kappa shape index (κ1) is 18.9. The minimum absolute atomic E-state index is 0.127. The second-order valence-electron chi connectivity index (χ2n) is 7.71. The summed E-state index contributed by atoms with van der Waals surface area (Å²) in [6.07, 6.45) is 0.707. The maximum atomic E-state index is 12.6. The lowest BCUT2D eigenvalue weighted by atomic mass is 9.90. The number of amides is 1. The van der Waals surface area contributed by atoms with Gasteiger partial charge in [-0.1, -0.05) is 37.3 Å². The molecule has 2 aliphatic heterocycles. The van der Waals surface area contributed by atoms with E-state index >= 15 is 0 Å². The number of benzene rings is 1. The maximum absolute atomic E-state index is 12.6. The van der Waals surface area contributed by atoms with Crippen molar-refractivity contribution in [3.63, 3.8) is 0 Å². The SMILES string of the molecule is CC1CC(C(=O)O)CN(CC(=O)N2CCN(Cc3ccccc3)CC2)C1. The van der Waals surface area contributed by atoms with Crippen LogP contribution in [0.1, 0.15) is 18.9 Å². The highest BCUT2D eigenvalue weighted by Crippen LogP contribution is 2.21. The second kappa shape index (κ2) is 8.64. The van der Waals surface area contributed by atoms with E-state index in [1.165, 1.54) is 5.56 Å². The summed E-state index contributed by atoms with van der Waals surface area (Å²) in [6, 6.07) is 10.4. The molecule has 6 heteroatoms. The van der Waals surface area contributed by atoms with Crippen LogP contribution in [0.2, 0.25) is 0 Å². The van der Waals surface area contributed by atoms with Gasteiger partial charge in [0, 0.05) is 45.8 Å². The van der Waals surface area contributed by atoms with Crippen LogP contribution in [0.25, 0.3) is 0 Å². The highest BCUT2D eigenvalue weighted by atomic mass is 16.4. The number of carboxylic acid groups (broad SMARTS) is 1. The minimum atomic E-state index is -0.747. The number of carboxylic acids is 1. The Labute approximate surface area is 155 Å². The Morgan fingerprint density at radius 2 is 1.73 bits per heavy atom. The monoisotopic (exact) mass is 359 g/mol. The molecule has 2 heterocycles. The number of piperidine rings is 1. The van der Waals surface area contributed by atoms with Gasteiger partial charge in [-0.2, -0.15) is 0 Å². The van der Waals surface area contributed by atoms with Gasteiger partial charge in [-0.25, -0.2) is 0 Å². The molecule has 0 saturated carbocycles. The smallest absolute Gasteiger partial charge is 0.307 e.